The molecule has 1 saturated heterocycles. The van der Waals surface area contributed by atoms with Crippen molar-refractivity contribution < 1.29 is 0 Å². The molecule has 0 aromatic carbocycles. The molecule has 2 unspecified atom stereocenters. The molecule has 0 bridgehead atoms. The van der Waals surface area contributed by atoms with Gasteiger partial charge in [-0.05, 0) is 0 Å². The fourth-order valence-electron chi connectivity index (χ4n) is 1.86. The van der Waals surface area contributed by atoms with Crippen LogP contribution in [0, 0.1) is 0 Å². The average molecular weight is 224 g/mol. The molecular weight excluding hydrogens is 208 g/mol. The van der Waals surface area contributed by atoms with E-state index < -0.39 is 0 Å². The molecule has 4 nitrogen and oxygen atoms in total. The summed E-state index contributed by atoms with van der Waals surface area (Å²) in [5.74, 6) is 1.41. The van der Waals surface area contributed by atoms with E-state index in [2.05, 4.69) is 28.7 Å². The third-order valence-corrected chi connectivity index (χ3v) is 3.63. The van der Waals surface area contributed by atoms with E-state index in [0.29, 0.717) is 16.3 Å². The first kappa shape index (κ1) is 10.5. The Hall–Kier alpha value is -0.970. The lowest BCUT2D eigenvalue weighted by Gasteiger charge is -2.35. The standard InChI is InChI=1S/C10H16N4S/c1-7-5-14(6-8(2)15-7)10-4-12-9(11)3-13-10/h3-4,7-8H,5-6H2,1-2H3,(H2,11,12). The Bertz CT molecular complexity index is 317. The van der Waals surface area contributed by atoms with Gasteiger partial charge in [-0.1, -0.05) is 13.8 Å². The van der Waals surface area contributed by atoms with Crippen molar-refractivity contribution in [3.8, 4) is 0 Å². The van der Waals surface area contributed by atoms with Gasteiger partial charge in [0.25, 0.3) is 0 Å². The van der Waals surface area contributed by atoms with Crippen LogP contribution in [0.4, 0.5) is 11.6 Å². The van der Waals surface area contributed by atoms with Gasteiger partial charge in [-0.2, -0.15) is 11.8 Å². The van der Waals surface area contributed by atoms with E-state index in [1.807, 2.05) is 11.8 Å². The fraction of sp³-hybridized carbons (Fsp3) is 0.600. The molecule has 1 aromatic heterocycles. The second-order valence-electron chi connectivity index (χ2n) is 3.96. The van der Waals surface area contributed by atoms with Crippen LogP contribution in [0.15, 0.2) is 12.4 Å². The van der Waals surface area contributed by atoms with Crippen LogP contribution in [-0.4, -0.2) is 33.6 Å². The molecule has 5 heteroatoms. The fourth-order valence-corrected chi connectivity index (χ4v) is 3.18. The number of anilines is 2. The minimum Gasteiger partial charge on any atom is -0.382 e. The van der Waals surface area contributed by atoms with E-state index in [1.54, 1.807) is 12.4 Å². The summed E-state index contributed by atoms with van der Waals surface area (Å²) in [5.41, 5.74) is 5.51. The van der Waals surface area contributed by atoms with E-state index in [1.165, 1.54) is 0 Å². The van der Waals surface area contributed by atoms with E-state index in [0.717, 1.165) is 18.9 Å². The summed E-state index contributed by atoms with van der Waals surface area (Å²) in [7, 11) is 0. The Labute approximate surface area is 94.3 Å². The van der Waals surface area contributed by atoms with Crippen LogP contribution in [-0.2, 0) is 0 Å². The maximum Gasteiger partial charge on any atom is 0.147 e. The maximum atomic E-state index is 5.51. The molecule has 0 spiro atoms. The first-order valence-corrected chi connectivity index (χ1v) is 6.07. The summed E-state index contributed by atoms with van der Waals surface area (Å²) in [6, 6.07) is 0. The van der Waals surface area contributed by atoms with Crippen LogP contribution in [0.2, 0.25) is 0 Å². The molecule has 15 heavy (non-hydrogen) atoms. The van der Waals surface area contributed by atoms with E-state index in [4.69, 9.17) is 5.73 Å². The SMILES string of the molecule is CC1CN(c2cnc(N)cn2)CC(C)S1. The highest BCUT2D eigenvalue weighted by atomic mass is 32.2. The third kappa shape index (κ3) is 2.53. The molecule has 1 aromatic rings. The topological polar surface area (TPSA) is 55.0 Å². The van der Waals surface area contributed by atoms with Gasteiger partial charge < -0.3 is 10.6 Å². The number of aromatic nitrogens is 2. The van der Waals surface area contributed by atoms with Gasteiger partial charge in [0.2, 0.25) is 0 Å². The summed E-state index contributed by atoms with van der Waals surface area (Å²) in [5, 5.41) is 1.29. The molecule has 2 atom stereocenters. The van der Waals surface area contributed by atoms with Crippen molar-refractivity contribution >= 4 is 23.4 Å². The van der Waals surface area contributed by atoms with Crippen molar-refractivity contribution in [2.24, 2.45) is 0 Å². The molecule has 82 valence electrons. The van der Waals surface area contributed by atoms with Crippen molar-refractivity contribution in [2.45, 2.75) is 24.3 Å². The van der Waals surface area contributed by atoms with Gasteiger partial charge in [0, 0.05) is 23.6 Å². The average Bonchev–Trinajstić information content (AvgIpc) is 2.17. The second-order valence-corrected chi connectivity index (χ2v) is 5.84. The highest BCUT2D eigenvalue weighted by Crippen LogP contribution is 2.27. The Morgan fingerprint density at radius 3 is 2.47 bits per heavy atom. The summed E-state index contributed by atoms with van der Waals surface area (Å²) < 4.78 is 0. The van der Waals surface area contributed by atoms with Crippen molar-refractivity contribution in [1.29, 1.82) is 0 Å². The lowest BCUT2D eigenvalue weighted by molar-refractivity contribution is 0.717. The summed E-state index contributed by atoms with van der Waals surface area (Å²) >= 11 is 2.03. The smallest absolute Gasteiger partial charge is 0.147 e. The molecule has 0 aliphatic carbocycles. The zero-order chi connectivity index (χ0) is 10.8. The normalized spacial score (nSPS) is 26.7. The Kier molecular flexibility index (Phi) is 3.00. The quantitative estimate of drug-likeness (QED) is 0.781. The number of rotatable bonds is 1. The minimum atomic E-state index is 0.478. The van der Waals surface area contributed by atoms with Gasteiger partial charge in [-0.25, -0.2) is 9.97 Å². The molecule has 2 N–H and O–H groups in total. The summed E-state index contributed by atoms with van der Waals surface area (Å²) in [6.07, 6.45) is 3.37. The van der Waals surface area contributed by atoms with Crippen LogP contribution in [0.3, 0.4) is 0 Å². The predicted molar refractivity (Wildman–Crippen MR) is 65.2 cm³/mol. The molecule has 1 fully saturated rings. The van der Waals surface area contributed by atoms with E-state index in [-0.39, 0.29) is 0 Å². The molecule has 2 rings (SSSR count). The number of hydrogen-bond acceptors (Lipinski definition) is 5. The Morgan fingerprint density at radius 1 is 1.27 bits per heavy atom. The molecule has 2 heterocycles. The first-order valence-electron chi connectivity index (χ1n) is 5.13. The molecule has 0 saturated carbocycles. The van der Waals surface area contributed by atoms with Gasteiger partial charge in [0.1, 0.15) is 11.6 Å². The third-order valence-electron chi connectivity index (χ3n) is 2.40. The zero-order valence-electron chi connectivity index (χ0n) is 9.05. The van der Waals surface area contributed by atoms with E-state index >= 15 is 0 Å². The van der Waals surface area contributed by atoms with Crippen molar-refractivity contribution in [2.75, 3.05) is 23.7 Å². The highest BCUT2D eigenvalue weighted by Gasteiger charge is 2.23. The predicted octanol–water partition coefficient (Wildman–Crippen LogP) is 1.39. The monoisotopic (exact) mass is 224 g/mol. The van der Waals surface area contributed by atoms with Crippen LogP contribution in [0.1, 0.15) is 13.8 Å². The number of nitrogens with zero attached hydrogens (tertiary/aromatic N) is 3. The van der Waals surface area contributed by atoms with Gasteiger partial charge in [0.05, 0.1) is 12.4 Å². The number of nitrogen functional groups attached to an aromatic ring is 1. The van der Waals surface area contributed by atoms with Crippen LogP contribution in [0.5, 0.6) is 0 Å². The summed E-state index contributed by atoms with van der Waals surface area (Å²) in [4.78, 5) is 10.6. The number of hydrogen-bond donors (Lipinski definition) is 1. The second kappa shape index (κ2) is 4.26. The van der Waals surface area contributed by atoms with Gasteiger partial charge in [-0.15, -0.1) is 0 Å². The number of thioether (sulfide) groups is 1. The minimum absolute atomic E-state index is 0.478. The van der Waals surface area contributed by atoms with Crippen LogP contribution >= 0.6 is 11.8 Å². The van der Waals surface area contributed by atoms with Crippen molar-refractivity contribution in [3.63, 3.8) is 0 Å². The van der Waals surface area contributed by atoms with Gasteiger partial charge in [-0.3, -0.25) is 0 Å². The lowest BCUT2D eigenvalue weighted by Crippen LogP contribution is -2.40. The van der Waals surface area contributed by atoms with Crippen LogP contribution < -0.4 is 10.6 Å². The number of nitrogens with two attached hydrogens (primary N) is 1. The van der Waals surface area contributed by atoms with Crippen molar-refractivity contribution in [3.05, 3.63) is 12.4 Å². The molecular formula is C10H16N4S. The lowest BCUT2D eigenvalue weighted by atomic mass is 10.3. The van der Waals surface area contributed by atoms with Gasteiger partial charge >= 0.3 is 0 Å². The van der Waals surface area contributed by atoms with Crippen molar-refractivity contribution in [1.82, 2.24) is 9.97 Å². The van der Waals surface area contributed by atoms with Crippen LogP contribution in [0.25, 0.3) is 0 Å². The van der Waals surface area contributed by atoms with Gasteiger partial charge in [0.15, 0.2) is 0 Å². The summed E-state index contributed by atoms with van der Waals surface area (Å²) in [6.45, 7) is 6.57. The molecule has 1 aliphatic heterocycles. The zero-order valence-corrected chi connectivity index (χ0v) is 9.87. The molecule has 0 radical (unpaired) electrons. The Morgan fingerprint density at radius 2 is 1.93 bits per heavy atom. The first-order chi connectivity index (χ1) is 7.15. The largest absolute Gasteiger partial charge is 0.382 e. The Balaban J connectivity index is 2.12. The molecule has 0 amide bonds. The maximum absolute atomic E-state index is 5.51. The van der Waals surface area contributed by atoms with E-state index in [9.17, 15) is 0 Å². The highest BCUT2D eigenvalue weighted by molar-refractivity contribution is 8.00. The molecule has 1 aliphatic rings.